The van der Waals surface area contributed by atoms with Crippen molar-refractivity contribution in [1.82, 2.24) is 5.32 Å². The maximum Gasteiger partial charge on any atom is 0.254 e. The minimum absolute atomic E-state index is 0.0399. The van der Waals surface area contributed by atoms with Crippen molar-refractivity contribution in [3.05, 3.63) is 23.7 Å². The maximum atomic E-state index is 11.6. The number of hydrogen-bond acceptors (Lipinski definition) is 2. The normalized spacial score (nSPS) is 12.9. The van der Waals surface area contributed by atoms with Gasteiger partial charge in [-0.2, -0.15) is 0 Å². The Morgan fingerprint density at radius 2 is 2.27 bits per heavy atom. The third kappa shape index (κ3) is 3.59. The summed E-state index contributed by atoms with van der Waals surface area (Å²) in [6.45, 7) is 6.31. The summed E-state index contributed by atoms with van der Waals surface area (Å²) in [6.07, 6.45) is 1.45. The summed E-state index contributed by atoms with van der Waals surface area (Å²) in [7, 11) is 0. The lowest BCUT2D eigenvalue weighted by Crippen LogP contribution is -2.31. The highest BCUT2D eigenvalue weighted by molar-refractivity contribution is 6.21. The summed E-state index contributed by atoms with van der Waals surface area (Å²) in [5.41, 5.74) is 0.542. The van der Waals surface area contributed by atoms with Crippen LogP contribution in [0.1, 0.15) is 30.0 Å². The molecule has 1 amide bonds. The number of rotatable bonds is 4. The second-order valence-electron chi connectivity index (χ2n) is 3.92. The van der Waals surface area contributed by atoms with E-state index in [1.165, 1.54) is 6.26 Å². The summed E-state index contributed by atoms with van der Waals surface area (Å²) in [6, 6.07) is 1.70. The van der Waals surface area contributed by atoms with E-state index in [2.05, 4.69) is 5.32 Å². The average Bonchev–Trinajstić information content (AvgIpc) is 2.60. The molecular weight excluding hydrogens is 214 g/mol. The average molecular weight is 230 g/mol. The van der Waals surface area contributed by atoms with Gasteiger partial charge >= 0.3 is 0 Å². The molecule has 0 aliphatic heterocycles. The fourth-order valence-electron chi connectivity index (χ4n) is 1.09. The SMILES string of the molecule is Cc1cc(C(=O)NCC(Cl)C(C)C)co1. The van der Waals surface area contributed by atoms with Crippen LogP contribution in [-0.2, 0) is 0 Å². The summed E-state index contributed by atoms with van der Waals surface area (Å²) in [4.78, 5) is 11.6. The summed E-state index contributed by atoms with van der Waals surface area (Å²) < 4.78 is 5.05. The van der Waals surface area contributed by atoms with Gasteiger partial charge in [0.25, 0.3) is 5.91 Å². The third-order valence-corrected chi connectivity index (χ3v) is 2.83. The third-order valence-electron chi connectivity index (χ3n) is 2.17. The quantitative estimate of drug-likeness (QED) is 0.807. The Labute approximate surface area is 94.8 Å². The number of nitrogens with one attached hydrogen (secondary N) is 1. The highest BCUT2D eigenvalue weighted by Gasteiger charge is 2.13. The van der Waals surface area contributed by atoms with Gasteiger partial charge in [0.2, 0.25) is 0 Å². The van der Waals surface area contributed by atoms with Gasteiger partial charge in [-0.25, -0.2) is 0 Å². The molecule has 1 unspecified atom stereocenters. The highest BCUT2D eigenvalue weighted by atomic mass is 35.5. The molecule has 1 heterocycles. The maximum absolute atomic E-state index is 11.6. The first-order valence-corrected chi connectivity index (χ1v) is 5.41. The number of furan rings is 1. The predicted octanol–water partition coefficient (Wildman–Crippen LogP) is 2.58. The van der Waals surface area contributed by atoms with Crippen molar-refractivity contribution in [2.45, 2.75) is 26.1 Å². The van der Waals surface area contributed by atoms with Gasteiger partial charge < -0.3 is 9.73 Å². The molecule has 0 saturated heterocycles. The van der Waals surface area contributed by atoms with Gasteiger partial charge in [0.05, 0.1) is 10.9 Å². The zero-order valence-electron chi connectivity index (χ0n) is 9.21. The van der Waals surface area contributed by atoms with Gasteiger partial charge in [0.15, 0.2) is 0 Å². The van der Waals surface area contributed by atoms with E-state index in [9.17, 15) is 4.79 Å². The van der Waals surface area contributed by atoms with Crippen molar-refractivity contribution in [3.63, 3.8) is 0 Å². The van der Waals surface area contributed by atoms with E-state index in [0.717, 1.165) is 5.76 Å². The molecule has 0 bridgehead atoms. The Hall–Kier alpha value is -0.960. The summed E-state index contributed by atoms with van der Waals surface area (Å²) >= 11 is 6.01. The molecule has 1 aromatic heterocycles. The van der Waals surface area contributed by atoms with Gasteiger partial charge in [0.1, 0.15) is 12.0 Å². The fourth-order valence-corrected chi connectivity index (χ4v) is 1.17. The Morgan fingerprint density at radius 1 is 1.60 bits per heavy atom. The predicted molar refractivity (Wildman–Crippen MR) is 60.3 cm³/mol. The van der Waals surface area contributed by atoms with Crippen molar-refractivity contribution in [3.8, 4) is 0 Å². The topological polar surface area (TPSA) is 42.2 Å². The lowest BCUT2D eigenvalue weighted by Gasteiger charge is -2.13. The zero-order chi connectivity index (χ0) is 11.4. The molecule has 0 aliphatic rings. The molecule has 4 heteroatoms. The van der Waals surface area contributed by atoms with Crippen LogP contribution < -0.4 is 5.32 Å². The molecule has 0 spiro atoms. The van der Waals surface area contributed by atoms with Crippen LogP contribution in [0.2, 0.25) is 0 Å². The Morgan fingerprint density at radius 3 is 2.73 bits per heavy atom. The monoisotopic (exact) mass is 229 g/mol. The number of hydrogen-bond donors (Lipinski definition) is 1. The molecule has 0 fully saturated rings. The molecule has 1 aromatic rings. The first kappa shape index (κ1) is 12.1. The number of alkyl halides is 1. The summed E-state index contributed by atoms with van der Waals surface area (Å²) in [5, 5.41) is 2.72. The zero-order valence-corrected chi connectivity index (χ0v) is 9.97. The molecule has 1 atom stereocenters. The van der Waals surface area contributed by atoms with Crippen LogP contribution >= 0.6 is 11.6 Å². The highest BCUT2D eigenvalue weighted by Crippen LogP contribution is 2.09. The summed E-state index contributed by atoms with van der Waals surface area (Å²) in [5.74, 6) is 0.933. The minimum atomic E-state index is -0.141. The fraction of sp³-hybridized carbons (Fsp3) is 0.545. The van der Waals surface area contributed by atoms with E-state index < -0.39 is 0 Å². The Balaban J connectivity index is 2.43. The van der Waals surface area contributed by atoms with Crippen molar-refractivity contribution >= 4 is 17.5 Å². The van der Waals surface area contributed by atoms with Crippen LogP contribution in [0, 0.1) is 12.8 Å². The number of carbonyl (C=O) groups excluding carboxylic acids is 1. The largest absolute Gasteiger partial charge is 0.469 e. The van der Waals surface area contributed by atoms with Crippen LogP contribution in [0.4, 0.5) is 0 Å². The number of halogens is 1. The molecule has 1 N–H and O–H groups in total. The lowest BCUT2D eigenvalue weighted by atomic mass is 10.1. The first-order chi connectivity index (χ1) is 7.00. The van der Waals surface area contributed by atoms with Gasteiger partial charge in [-0.3, -0.25) is 4.79 Å². The van der Waals surface area contributed by atoms with Crippen molar-refractivity contribution in [2.75, 3.05) is 6.54 Å². The van der Waals surface area contributed by atoms with Crippen LogP contribution in [-0.4, -0.2) is 17.8 Å². The van der Waals surface area contributed by atoms with Gasteiger partial charge in [-0.15, -0.1) is 11.6 Å². The minimum Gasteiger partial charge on any atom is -0.469 e. The van der Waals surface area contributed by atoms with Crippen molar-refractivity contribution in [2.24, 2.45) is 5.92 Å². The van der Waals surface area contributed by atoms with E-state index in [0.29, 0.717) is 18.0 Å². The van der Waals surface area contributed by atoms with E-state index in [4.69, 9.17) is 16.0 Å². The van der Waals surface area contributed by atoms with Crippen LogP contribution in [0.3, 0.4) is 0 Å². The van der Waals surface area contributed by atoms with E-state index in [1.54, 1.807) is 13.0 Å². The van der Waals surface area contributed by atoms with Crippen molar-refractivity contribution < 1.29 is 9.21 Å². The molecule has 1 rings (SSSR count). The number of carbonyl (C=O) groups is 1. The number of aryl methyl sites for hydroxylation is 1. The second-order valence-corrected chi connectivity index (χ2v) is 4.48. The Kier molecular flexibility index (Phi) is 4.21. The first-order valence-electron chi connectivity index (χ1n) is 4.98. The van der Waals surface area contributed by atoms with Crippen LogP contribution in [0.15, 0.2) is 16.7 Å². The van der Waals surface area contributed by atoms with E-state index >= 15 is 0 Å². The lowest BCUT2D eigenvalue weighted by molar-refractivity contribution is 0.0952. The van der Waals surface area contributed by atoms with Gasteiger partial charge in [-0.05, 0) is 18.9 Å². The van der Waals surface area contributed by atoms with Crippen molar-refractivity contribution in [1.29, 1.82) is 0 Å². The molecule has 0 aliphatic carbocycles. The van der Waals surface area contributed by atoms with E-state index in [-0.39, 0.29) is 11.3 Å². The molecule has 84 valence electrons. The molecule has 15 heavy (non-hydrogen) atoms. The molecule has 0 aromatic carbocycles. The smallest absolute Gasteiger partial charge is 0.254 e. The van der Waals surface area contributed by atoms with Gasteiger partial charge in [0, 0.05) is 6.54 Å². The van der Waals surface area contributed by atoms with Crippen LogP contribution in [0.5, 0.6) is 0 Å². The van der Waals surface area contributed by atoms with Crippen LogP contribution in [0.25, 0.3) is 0 Å². The van der Waals surface area contributed by atoms with E-state index in [1.807, 2.05) is 13.8 Å². The standard InChI is InChI=1S/C11H16ClNO2/c1-7(2)10(12)5-13-11(14)9-4-8(3)15-6-9/h4,6-7,10H,5H2,1-3H3,(H,13,14). The molecule has 0 radical (unpaired) electrons. The van der Waals surface area contributed by atoms with Gasteiger partial charge in [-0.1, -0.05) is 13.8 Å². The second kappa shape index (κ2) is 5.21. The number of amides is 1. The molecule has 3 nitrogen and oxygen atoms in total. The Bertz CT molecular complexity index is 333. The molecule has 0 saturated carbocycles. The molecular formula is C11H16ClNO2.